The molecule has 0 fully saturated rings. The molecule has 0 atom stereocenters. The highest BCUT2D eigenvalue weighted by Gasteiger charge is 2.11. The van der Waals surface area contributed by atoms with Crippen LogP contribution in [0, 0.1) is 11.3 Å². The van der Waals surface area contributed by atoms with Crippen LogP contribution in [0.15, 0.2) is 30.5 Å². The molecule has 0 aliphatic rings. The molecule has 0 amide bonds. The molecule has 0 aliphatic heterocycles. The number of nitriles is 1. The second kappa shape index (κ2) is 6.01. The lowest BCUT2D eigenvalue weighted by molar-refractivity contribution is 0.0690. The topological polar surface area (TPSA) is 96.1 Å². The van der Waals surface area contributed by atoms with Crippen LogP contribution >= 0.6 is 0 Å². The van der Waals surface area contributed by atoms with E-state index < -0.39 is 5.97 Å². The third-order valence-corrected chi connectivity index (χ3v) is 2.60. The molecule has 0 radical (unpaired) electrons. The highest BCUT2D eigenvalue weighted by atomic mass is 16.5. The lowest BCUT2D eigenvalue weighted by Crippen LogP contribution is -2.07. The minimum Gasteiger partial charge on any atom is -0.490 e. The van der Waals surface area contributed by atoms with Crippen LogP contribution in [-0.2, 0) is 0 Å². The number of rotatable bonds is 4. The van der Waals surface area contributed by atoms with Crippen LogP contribution in [0.4, 0.5) is 0 Å². The molecule has 1 aromatic heterocycles. The summed E-state index contributed by atoms with van der Waals surface area (Å²) in [5.74, 6) is -0.396. The number of aromatic nitrogens is 2. The lowest BCUT2D eigenvalue weighted by Gasteiger charge is -2.11. The second-order valence-corrected chi connectivity index (χ2v) is 4.56. The summed E-state index contributed by atoms with van der Waals surface area (Å²) in [5, 5.41) is 18.1. The Balaban J connectivity index is 2.44. The molecule has 1 heterocycles. The summed E-state index contributed by atoms with van der Waals surface area (Å²) < 4.78 is 5.53. The summed E-state index contributed by atoms with van der Waals surface area (Å²) >= 11 is 0. The molecule has 1 N–H and O–H groups in total. The maximum absolute atomic E-state index is 10.9. The Morgan fingerprint density at radius 3 is 2.76 bits per heavy atom. The van der Waals surface area contributed by atoms with E-state index in [4.69, 9.17) is 9.84 Å². The van der Waals surface area contributed by atoms with Crippen molar-refractivity contribution in [3.63, 3.8) is 0 Å². The summed E-state index contributed by atoms with van der Waals surface area (Å²) in [5.41, 5.74) is 0.817. The third kappa shape index (κ3) is 3.34. The summed E-state index contributed by atoms with van der Waals surface area (Å²) in [4.78, 5) is 18.9. The van der Waals surface area contributed by atoms with E-state index in [0.717, 1.165) is 0 Å². The number of aromatic carboxylic acids is 1. The van der Waals surface area contributed by atoms with Crippen molar-refractivity contribution in [1.82, 2.24) is 9.97 Å². The van der Waals surface area contributed by atoms with Gasteiger partial charge in [-0.1, -0.05) is 0 Å². The Hall–Kier alpha value is -2.94. The lowest BCUT2D eigenvalue weighted by atomic mass is 10.1. The third-order valence-electron chi connectivity index (χ3n) is 2.60. The van der Waals surface area contributed by atoms with E-state index in [1.807, 2.05) is 13.8 Å². The molecule has 0 spiro atoms. The molecule has 6 heteroatoms. The predicted octanol–water partition coefficient (Wildman–Crippen LogP) is 2.50. The zero-order valence-corrected chi connectivity index (χ0v) is 11.6. The Bertz CT molecular complexity index is 720. The van der Waals surface area contributed by atoms with E-state index >= 15 is 0 Å². The molecule has 0 bridgehead atoms. The first kappa shape index (κ1) is 14.5. The maximum Gasteiger partial charge on any atom is 0.354 e. The Kier molecular flexibility index (Phi) is 4.14. The summed E-state index contributed by atoms with van der Waals surface area (Å²) in [6.07, 6.45) is 1.32. The van der Waals surface area contributed by atoms with Crippen molar-refractivity contribution in [2.75, 3.05) is 0 Å². The van der Waals surface area contributed by atoms with Crippen LogP contribution in [0.2, 0.25) is 0 Å². The van der Waals surface area contributed by atoms with E-state index in [1.54, 1.807) is 18.2 Å². The smallest absolute Gasteiger partial charge is 0.354 e. The van der Waals surface area contributed by atoms with Crippen LogP contribution in [0.25, 0.3) is 11.4 Å². The molecule has 0 unspecified atom stereocenters. The molecule has 2 rings (SSSR count). The fourth-order valence-corrected chi connectivity index (χ4v) is 1.73. The fourth-order valence-electron chi connectivity index (χ4n) is 1.73. The molecule has 0 saturated carbocycles. The quantitative estimate of drug-likeness (QED) is 0.926. The molecule has 2 aromatic rings. The molecule has 106 valence electrons. The molecule has 0 saturated heterocycles. The van der Waals surface area contributed by atoms with Crippen LogP contribution in [0.1, 0.15) is 29.9 Å². The highest BCUT2D eigenvalue weighted by molar-refractivity contribution is 5.85. The van der Waals surface area contributed by atoms with E-state index in [-0.39, 0.29) is 17.6 Å². The van der Waals surface area contributed by atoms with E-state index in [1.165, 1.54) is 12.3 Å². The first-order valence-corrected chi connectivity index (χ1v) is 6.28. The van der Waals surface area contributed by atoms with Crippen molar-refractivity contribution >= 4 is 5.97 Å². The molecule has 6 nitrogen and oxygen atoms in total. The molecular formula is C15H13N3O3. The van der Waals surface area contributed by atoms with Gasteiger partial charge in [0.1, 0.15) is 11.8 Å². The number of nitrogens with zero attached hydrogens (tertiary/aromatic N) is 3. The monoisotopic (exact) mass is 283 g/mol. The Morgan fingerprint density at radius 2 is 2.14 bits per heavy atom. The Morgan fingerprint density at radius 1 is 1.38 bits per heavy atom. The number of carboxylic acid groups (broad SMARTS) is 1. The van der Waals surface area contributed by atoms with Gasteiger partial charge in [0.05, 0.1) is 11.7 Å². The van der Waals surface area contributed by atoms with Crippen molar-refractivity contribution < 1.29 is 14.6 Å². The summed E-state index contributed by atoms with van der Waals surface area (Å²) in [6, 6.07) is 8.30. The average Bonchev–Trinajstić information content (AvgIpc) is 2.47. The first-order chi connectivity index (χ1) is 10.0. The van der Waals surface area contributed by atoms with E-state index in [0.29, 0.717) is 16.9 Å². The van der Waals surface area contributed by atoms with E-state index in [9.17, 15) is 10.1 Å². The van der Waals surface area contributed by atoms with Gasteiger partial charge >= 0.3 is 5.97 Å². The van der Waals surface area contributed by atoms with Crippen molar-refractivity contribution in [1.29, 1.82) is 5.26 Å². The molecule has 21 heavy (non-hydrogen) atoms. The zero-order chi connectivity index (χ0) is 15.4. The number of hydrogen-bond donors (Lipinski definition) is 1. The number of hydrogen-bond acceptors (Lipinski definition) is 5. The highest BCUT2D eigenvalue weighted by Crippen LogP contribution is 2.25. The van der Waals surface area contributed by atoms with Crippen LogP contribution in [-0.4, -0.2) is 27.1 Å². The first-order valence-electron chi connectivity index (χ1n) is 6.28. The summed E-state index contributed by atoms with van der Waals surface area (Å²) in [6.45, 7) is 3.74. The number of ether oxygens (including phenoxy) is 1. The fraction of sp³-hybridized carbons (Fsp3) is 0.200. The summed E-state index contributed by atoms with van der Waals surface area (Å²) in [7, 11) is 0. The van der Waals surface area contributed by atoms with Crippen LogP contribution in [0.3, 0.4) is 0 Å². The van der Waals surface area contributed by atoms with Crippen molar-refractivity contribution in [3.05, 3.63) is 41.7 Å². The zero-order valence-electron chi connectivity index (χ0n) is 11.6. The average molecular weight is 283 g/mol. The molecule has 0 aliphatic carbocycles. The van der Waals surface area contributed by atoms with Gasteiger partial charge in [-0.15, -0.1) is 0 Å². The predicted molar refractivity (Wildman–Crippen MR) is 74.9 cm³/mol. The minimum absolute atomic E-state index is 0.0467. The molecular weight excluding hydrogens is 270 g/mol. The normalized spacial score (nSPS) is 10.2. The van der Waals surface area contributed by atoms with Gasteiger partial charge in [-0.25, -0.2) is 14.8 Å². The minimum atomic E-state index is -1.13. The number of benzene rings is 1. The van der Waals surface area contributed by atoms with Gasteiger partial charge in [0, 0.05) is 11.8 Å². The van der Waals surface area contributed by atoms with Gasteiger partial charge in [0.2, 0.25) is 0 Å². The van der Waals surface area contributed by atoms with Gasteiger partial charge in [-0.3, -0.25) is 0 Å². The van der Waals surface area contributed by atoms with Gasteiger partial charge in [0.15, 0.2) is 11.5 Å². The van der Waals surface area contributed by atoms with Crippen molar-refractivity contribution in [2.45, 2.75) is 20.0 Å². The van der Waals surface area contributed by atoms with Gasteiger partial charge in [-0.2, -0.15) is 5.26 Å². The van der Waals surface area contributed by atoms with Crippen LogP contribution in [0.5, 0.6) is 5.75 Å². The molecule has 1 aromatic carbocycles. The number of carboxylic acids is 1. The standard InChI is InChI=1S/C15H13N3O3/c1-9(2)21-13-4-3-10(7-11(13)8-16)14-17-6-5-12(18-14)15(19)20/h3-7,9H,1-2H3,(H,19,20). The number of carbonyl (C=O) groups is 1. The van der Waals surface area contributed by atoms with Gasteiger partial charge in [-0.05, 0) is 38.1 Å². The van der Waals surface area contributed by atoms with Gasteiger partial charge < -0.3 is 9.84 Å². The van der Waals surface area contributed by atoms with Crippen LogP contribution < -0.4 is 4.74 Å². The van der Waals surface area contributed by atoms with Gasteiger partial charge in [0.25, 0.3) is 0 Å². The largest absolute Gasteiger partial charge is 0.490 e. The van der Waals surface area contributed by atoms with Crippen molar-refractivity contribution in [3.8, 4) is 23.2 Å². The SMILES string of the molecule is CC(C)Oc1ccc(-c2nccc(C(=O)O)n2)cc1C#N. The Labute approximate surface area is 121 Å². The second-order valence-electron chi connectivity index (χ2n) is 4.56. The van der Waals surface area contributed by atoms with Crippen molar-refractivity contribution in [2.24, 2.45) is 0 Å². The maximum atomic E-state index is 10.9. The van der Waals surface area contributed by atoms with E-state index in [2.05, 4.69) is 16.0 Å².